The molecule has 0 saturated carbocycles. The maximum Gasteiger partial charge on any atom is 0.258 e. The van der Waals surface area contributed by atoms with Crippen molar-refractivity contribution in [2.24, 2.45) is 0 Å². The van der Waals surface area contributed by atoms with E-state index in [4.69, 9.17) is 0 Å². The van der Waals surface area contributed by atoms with Gasteiger partial charge in [0.2, 0.25) is 6.41 Å². The highest BCUT2D eigenvalue weighted by Gasteiger charge is 2.27. The summed E-state index contributed by atoms with van der Waals surface area (Å²) in [6.07, 6.45) is 0.635. The van der Waals surface area contributed by atoms with Crippen LogP contribution in [0.4, 0.5) is 17.1 Å². The zero-order chi connectivity index (χ0) is 18.6. The first-order valence-electron chi connectivity index (χ1n) is 8.54. The molecule has 5 nitrogen and oxygen atoms in total. The molecule has 4 rings (SSSR count). The summed E-state index contributed by atoms with van der Waals surface area (Å²) < 4.78 is 0. The lowest BCUT2D eigenvalue weighted by Gasteiger charge is -2.15. The predicted octanol–water partition coefficient (Wildman–Crippen LogP) is 4.19. The maximum atomic E-state index is 12.7. The third-order valence-corrected chi connectivity index (χ3v) is 4.34. The van der Waals surface area contributed by atoms with Crippen LogP contribution in [-0.2, 0) is 9.59 Å². The van der Waals surface area contributed by atoms with Crippen molar-refractivity contribution < 1.29 is 9.59 Å². The maximum absolute atomic E-state index is 12.7. The minimum absolute atomic E-state index is 0.148. The van der Waals surface area contributed by atoms with E-state index >= 15 is 0 Å². The fourth-order valence-electron chi connectivity index (χ4n) is 3.15. The van der Waals surface area contributed by atoms with E-state index in [1.165, 1.54) is 0 Å². The molecule has 27 heavy (non-hydrogen) atoms. The smallest absolute Gasteiger partial charge is 0.258 e. The molecule has 3 aromatic carbocycles. The van der Waals surface area contributed by atoms with Gasteiger partial charge in [0, 0.05) is 22.6 Å². The molecular weight excluding hydrogens is 338 g/mol. The second-order valence-electron chi connectivity index (χ2n) is 6.08. The van der Waals surface area contributed by atoms with Crippen LogP contribution in [0.25, 0.3) is 11.3 Å². The van der Waals surface area contributed by atoms with Crippen LogP contribution in [0, 0.1) is 0 Å². The largest absolute Gasteiger partial charge is 0.354 e. The Morgan fingerprint density at radius 1 is 0.852 bits per heavy atom. The summed E-state index contributed by atoms with van der Waals surface area (Å²) in [6, 6.07) is 24.7. The highest BCUT2D eigenvalue weighted by atomic mass is 16.2. The SMILES string of the molecule is O=CNc1cccc(NC(=C2C(=O)Nc3ccccc32)c2ccccc2)c1. The number of carbonyl (C=O) groups excluding carboxylic acids is 2. The molecule has 5 heteroatoms. The Kier molecular flexibility index (Phi) is 4.41. The average Bonchev–Trinajstić information content (AvgIpc) is 3.03. The number of carbonyl (C=O) groups is 2. The van der Waals surface area contributed by atoms with E-state index in [0.717, 1.165) is 22.5 Å². The van der Waals surface area contributed by atoms with E-state index < -0.39 is 0 Å². The van der Waals surface area contributed by atoms with Gasteiger partial charge in [-0.3, -0.25) is 9.59 Å². The van der Waals surface area contributed by atoms with E-state index in [9.17, 15) is 9.59 Å². The summed E-state index contributed by atoms with van der Waals surface area (Å²) in [5.74, 6) is -0.148. The van der Waals surface area contributed by atoms with E-state index in [2.05, 4.69) is 16.0 Å². The fourth-order valence-corrected chi connectivity index (χ4v) is 3.15. The Hall–Kier alpha value is -3.86. The summed E-state index contributed by atoms with van der Waals surface area (Å²) in [6.45, 7) is 0. The number of hydrogen-bond donors (Lipinski definition) is 3. The lowest BCUT2D eigenvalue weighted by Crippen LogP contribution is -2.10. The number of fused-ring (bicyclic) bond motifs is 1. The quantitative estimate of drug-likeness (QED) is 0.475. The molecule has 3 aromatic rings. The normalized spacial score (nSPS) is 14.1. The Labute approximate surface area is 156 Å². The molecule has 0 radical (unpaired) electrons. The first kappa shape index (κ1) is 16.6. The first-order chi connectivity index (χ1) is 13.3. The number of hydrogen-bond acceptors (Lipinski definition) is 3. The molecule has 1 aliphatic rings. The Morgan fingerprint density at radius 3 is 2.41 bits per heavy atom. The highest BCUT2D eigenvalue weighted by molar-refractivity contribution is 6.37. The summed E-state index contributed by atoms with van der Waals surface area (Å²) >= 11 is 0. The summed E-state index contributed by atoms with van der Waals surface area (Å²) in [4.78, 5) is 23.5. The molecule has 0 spiro atoms. The molecule has 0 bridgehead atoms. The summed E-state index contributed by atoms with van der Waals surface area (Å²) in [5, 5.41) is 8.93. The molecule has 1 aliphatic heterocycles. The van der Waals surface area contributed by atoms with Crippen LogP contribution >= 0.6 is 0 Å². The molecule has 0 fully saturated rings. The molecule has 2 amide bonds. The lowest BCUT2D eigenvalue weighted by atomic mass is 10.00. The summed E-state index contributed by atoms with van der Waals surface area (Å²) in [7, 11) is 0. The Balaban J connectivity index is 1.85. The van der Waals surface area contributed by atoms with Crippen LogP contribution in [0.15, 0.2) is 78.9 Å². The van der Waals surface area contributed by atoms with Gasteiger partial charge in [0.25, 0.3) is 5.91 Å². The number of amides is 2. The van der Waals surface area contributed by atoms with Gasteiger partial charge in [-0.05, 0) is 29.8 Å². The van der Waals surface area contributed by atoms with Gasteiger partial charge in [-0.25, -0.2) is 0 Å². The van der Waals surface area contributed by atoms with E-state index in [1.807, 2.05) is 72.8 Å². The van der Waals surface area contributed by atoms with Crippen molar-refractivity contribution in [1.29, 1.82) is 0 Å². The van der Waals surface area contributed by atoms with Gasteiger partial charge in [0.15, 0.2) is 0 Å². The molecule has 0 atom stereocenters. The zero-order valence-corrected chi connectivity index (χ0v) is 14.4. The Bertz CT molecular complexity index is 1040. The zero-order valence-electron chi connectivity index (χ0n) is 14.4. The second-order valence-corrected chi connectivity index (χ2v) is 6.08. The van der Waals surface area contributed by atoms with Crippen LogP contribution in [0.2, 0.25) is 0 Å². The van der Waals surface area contributed by atoms with Gasteiger partial charge >= 0.3 is 0 Å². The number of nitrogens with one attached hydrogen (secondary N) is 3. The lowest BCUT2D eigenvalue weighted by molar-refractivity contribution is -0.110. The van der Waals surface area contributed by atoms with Crippen LogP contribution in [-0.4, -0.2) is 12.3 Å². The van der Waals surface area contributed by atoms with Crippen LogP contribution in [0.3, 0.4) is 0 Å². The number of benzene rings is 3. The van der Waals surface area contributed by atoms with Gasteiger partial charge in [0.05, 0.1) is 11.3 Å². The van der Waals surface area contributed by atoms with Gasteiger partial charge in [0.1, 0.15) is 0 Å². The fraction of sp³-hybridized carbons (Fsp3) is 0. The number of rotatable bonds is 5. The average molecular weight is 355 g/mol. The van der Waals surface area contributed by atoms with Crippen molar-refractivity contribution >= 4 is 40.6 Å². The minimum atomic E-state index is -0.148. The Morgan fingerprint density at radius 2 is 1.59 bits per heavy atom. The summed E-state index contributed by atoms with van der Waals surface area (Å²) in [5.41, 5.74) is 5.29. The van der Waals surface area contributed by atoms with Crippen molar-refractivity contribution in [2.75, 3.05) is 16.0 Å². The minimum Gasteiger partial charge on any atom is -0.354 e. The van der Waals surface area contributed by atoms with Crippen LogP contribution in [0.1, 0.15) is 11.1 Å². The molecule has 0 unspecified atom stereocenters. The van der Waals surface area contributed by atoms with Gasteiger partial charge in [-0.1, -0.05) is 54.6 Å². The van der Waals surface area contributed by atoms with Crippen LogP contribution < -0.4 is 16.0 Å². The highest BCUT2D eigenvalue weighted by Crippen LogP contribution is 2.37. The number of para-hydroxylation sites is 1. The van der Waals surface area contributed by atoms with Gasteiger partial charge < -0.3 is 16.0 Å². The van der Waals surface area contributed by atoms with Crippen molar-refractivity contribution in [2.45, 2.75) is 0 Å². The molecule has 0 saturated heterocycles. The van der Waals surface area contributed by atoms with Gasteiger partial charge in [-0.15, -0.1) is 0 Å². The van der Waals surface area contributed by atoms with Crippen LogP contribution in [0.5, 0.6) is 0 Å². The molecule has 1 heterocycles. The van der Waals surface area contributed by atoms with E-state index in [1.54, 1.807) is 6.07 Å². The third-order valence-electron chi connectivity index (χ3n) is 4.34. The predicted molar refractivity (Wildman–Crippen MR) is 108 cm³/mol. The van der Waals surface area contributed by atoms with Gasteiger partial charge in [-0.2, -0.15) is 0 Å². The number of anilines is 3. The molecular formula is C22H17N3O2. The standard InChI is InChI=1S/C22H17N3O2/c26-14-23-16-9-6-10-17(13-16)24-21(15-7-2-1-3-8-15)20-18-11-4-5-12-19(18)25-22(20)27/h1-14,24H,(H,23,26)(H,25,27). The topological polar surface area (TPSA) is 70.2 Å². The molecule has 132 valence electrons. The van der Waals surface area contributed by atoms with Crippen molar-refractivity contribution in [1.82, 2.24) is 0 Å². The second kappa shape index (κ2) is 7.17. The van der Waals surface area contributed by atoms with E-state index in [-0.39, 0.29) is 5.91 Å². The van der Waals surface area contributed by atoms with Crippen molar-refractivity contribution in [3.05, 3.63) is 90.0 Å². The molecule has 3 N–H and O–H groups in total. The molecule has 0 aromatic heterocycles. The van der Waals surface area contributed by atoms with E-state index in [0.29, 0.717) is 23.4 Å². The van der Waals surface area contributed by atoms with Crippen molar-refractivity contribution in [3.63, 3.8) is 0 Å². The molecule has 0 aliphatic carbocycles. The first-order valence-corrected chi connectivity index (χ1v) is 8.54. The third kappa shape index (κ3) is 3.30. The van der Waals surface area contributed by atoms with Crippen molar-refractivity contribution in [3.8, 4) is 0 Å². The monoisotopic (exact) mass is 355 g/mol.